The number of likely N-dealkylation sites (tertiary alicyclic amines) is 1. The van der Waals surface area contributed by atoms with Crippen LogP contribution >= 0.6 is 0 Å². The van der Waals surface area contributed by atoms with Crippen molar-refractivity contribution in [2.24, 2.45) is 0 Å². The summed E-state index contributed by atoms with van der Waals surface area (Å²) < 4.78 is 1.37. The molecule has 1 aliphatic heterocycles. The Morgan fingerprint density at radius 1 is 1.42 bits per heavy atom. The van der Waals surface area contributed by atoms with Gasteiger partial charge in [-0.3, -0.25) is 9.59 Å². The van der Waals surface area contributed by atoms with Gasteiger partial charge in [0, 0.05) is 25.1 Å². The highest BCUT2D eigenvalue weighted by atomic mass is 16.3. The first kappa shape index (κ1) is 15.9. The van der Waals surface area contributed by atoms with Gasteiger partial charge in [0.25, 0.3) is 5.91 Å². The molecule has 1 aromatic heterocycles. The van der Waals surface area contributed by atoms with E-state index in [2.05, 4.69) is 20.8 Å². The lowest BCUT2D eigenvalue weighted by atomic mass is 10.1. The highest BCUT2D eigenvalue weighted by Crippen LogP contribution is 2.22. The third-order valence-corrected chi connectivity index (χ3v) is 3.96. The van der Waals surface area contributed by atoms with Crippen LogP contribution in [0.3, 0.4) is 0 Å². The number of carbonyl (C=O) groups is 2. The Labute approximate surface area is 138 Å². The van der Waals surface area contributed by atoms with E-state index in [9.17, 15) is 14.7 Å². The summed E-state index contributed by atoms with van der Waals surface area (Å²) in [6.45, 7) is 4.35. The molecule has 0 spiro atoms. The standard InChI is InChI=1S/C15H18N6O3/c1-9(2)20-7-10(5-14(20)23)17-15(24)12-4-3-11(6-13(12)22)21-8-16-18-19-21/h3-4,6,8-10,22H,5,7H2,1-2H3,(H,17,24)/t10-/m1/s1. The van der Waals surface area contributed by atoms with Gasteiger partial charge in [0.15, 0.2) is 0 Å². The zero-order valence-electron chi connectivity index (χ0n) is 13.4. The van der Waals surface area contributed by atoms with Gasteiger partial charge in [-0.25, -0.2) is 4.68 Å². The molecule has 2 N–H and O–H groups in total. The Bertz CT molecular complexity index is 759. The minimum atomic E-state index is -0.417. The van der Waals surface area contributed by atoms with Crippen molar-refractivity contribution >= 4 is 11.8 Å². The van der Waals surface area contributed by atoms with Crippen molar-refractivity contribution in [1.82, 2.24) is 30.4 Å². The summed E-state index contributed by atoms with van der Waals surface area (Å²) in [5.74, 6) is -0.571. The van der Waals surface area contributed by atoms with Gasteiger partial charge in [0.1, 0.15) is 12.1 Å². The number of nitrogens with zero attached hydrogens (tertiary/aromatic N) is 5. The van der Waals surface area contributed by atoms with E-state index in [-0.39, 0.29) is 35.7 Å². The molecule has 1 aliphatic rings. The lowest BCUT2D eigenvalue weighted by Crippen LogP contribution is -2.38. The number of hydrogen-bond acceptors (Lipinski definition) is 6. The van der Waals surface area contributed by atoms with Gasteiger partial charge in [-0.05, 0) is 36.4 Å². The van der Waals surface area contributed by atoms with Crippen molar-refractivity contribution in [3.63, 3.8) is 0 Å². The number of carbonyl (C=O) groups excluding carboxylic acids is 2. The Morgan fingerprint density at radius 2 is 2.21 bits per heavy atom. The second-order valence-corrected chi connectivity index (χ2v) is 5.97. The fourth-order valence-corrected chi connectivity index (χ4v) is 2.72. The van der Waals surface area contributed by atoms with Crippen LogP contribution in [0.2, 0.25) is 0 Å². The minimum Gasteiger partial charge on any atom is -0.507 e. The Morgan fingerprint density at radius 3 is 2.79 bits per heavy atom. The van der Waals surface area contributed by atoms with Gasteiger partial charge in [0.2, 0.25) is 5.91 Å². The number of nitrogens with one attached hydrogen (secondary N) is 1. The fraction of sp³-hybridized carbons (Fsp3) is 0.400. The van der Waals surface area contributed by atoms with E-state index in [1.807, 2.05) is 13.8 Å². The monoisotopic (exact) mass is 330 g/mol. The lowest BCUT2D eigenvalue weighted by Gasteiger charge is -2.21. The average Bonchev–Trinajstić information content (AvgIpc) is 3.16. The van der Waals surface area contributed by atoms with Crippen molar-refractivity contribution < 1.29 is 14.7 Å². The number of amides is 2. The van der Waals surface area contributed by atoms with Gasteiger partial charge < -0.3 is 15.3 Å². The molecule has 1 atom stereocenters. The number of hydrogen-bond donors (Lipinski definition) is 2. The number of phenols is 1. The van der Waals surface area contributed by atoms with Crippen molar-refractivity contribution in [2.45, 2.75) is 32.4 Å². The molecule has 0 bridgehead atoms. The summed E-state index contributed by atoms with van der Waals surface area (Å²) in [4.78, 5) is 26.0. The fourth-order valence-electron chi connectivity index (χ4n) is 2.72. The predicted molar refractivity (Wildman–Crippen MR) is 83.5 cm³/mol. The van der Waals surface area contributed by atoms with Gasteiger partial charge in [0.05, 0.1) is 17.3 Å². The SMILES string of the molecule is CC(C)N1C[C@H](NC(=O)c2ccc(-n3cnnn3)cc2O)CC1=O. The molecule has 0 aliphatic carbocycles. The number of rotatable bonds is 4. The summed E-state index contributed by atoms with van der Waals surface area (Å²) in [6, 6.07) is 4.38. The van der Waals surface area contributed by atoms with Crippen LogP contribution in [0.4, 0.5) is 0 Å². The molecule has 24 heavy (non-hydrogen) atoms. The first-order chi connectivity index (χ1) is 11.5. The lowest BCUT2D eigenvalue weighted by molar-refractivity contribution is -0.129. The third kappa shape index (κ3) is 3.05. The van der Waals surface area contributed by atoms with Gasteiger partial charge in [-0.2, -0.15) is 0 Å². The molecule has 1 fully saturated rings. The van der Waals surface area contributed by atoms with Crippen LogP contribution in [0, 0.1) is 0 Å². The number of aromatic hydroxyl groups is 1. The molecule has 126 valence electrons. The van der Waals surface area contributed by atoms with E-state index in [0.29, 0.717) is 12.2 Å². The molecule has 2 aromatic rings. The maximum Gasteiger partial charge on any atom is 0.255 e. The van der Waals surface area contributed by atoms with Crippen LogP contribution < -0.4 is 5.32 Å². The Balaban J connectivity index is 1.71. The molecule has 1 aromatic carbocycles. The first-order valence-corrected chi connectivity index (χ1v) is 7.62. The third-order valence-electron chi connectivity index (χ3n) is 3.96. The second kappa shape index (κ2) is 6.26. The van der Waals surface area contributed by atoms with Crippen LogP contribution in [-0.2, 0) is 4.79 Å². The smallest absolute Gasteiger partial charge is 0.255 e. The molecule has 3 rings (SSSR count). The van der Waals surface area contributed by atoms with E-state index in [1.165, 1.54) is 23.1 Å². The van der Waals surface area contributed by atoms with Gasteiger partial charge >= 0.3 is 0 Å². The van der Waals surface area contributed by atoms with Crippen molar-refractivity contribution in [3.8, 4) is 11.4 Å². The minimum absolute atomic E-state index is 0.0218. The Kier molecular flexibility index (Phi) is 4.15. The highest BCUT2D eigenvalue weighted by molar-refractivity contribution is 5.97. The van der Waals surface area contributed by atoms with Crippen LogP contribution in [0.15, 0.2) is 24.5 Å². The van der Waals surface area contributed by atoms with Crippen molar-refractivity contribution in [2.75, 3.05) is 6.54 Å². The molecular formula is C15H18N6O3. The zero-order valence-corrected chi connectivity index (χ0v) is 13.4. The quantitative estimate of drug-likeness (QED) is 0.822. The van der Waals surface area contributed by atoms with Gasteiger partial charge in [-0.1, -0.05) is 0 Å². The summed E-state index contributed by atoms with van der Waals surface area (Å²) in [6.07, 6.45) is 1.66. The van der Waals surface area contributed by atoms with Crippen molar-refractivity contribution in [3.05, 3.63) is 30.1 Å². The molecule has 0 radical (unpaired) electrons. The van der Waals surface area contributed by atoms with Crippen LogP contribution in [0.5, 0.6) is 5.75 Å². The molecule has 9 nitrogen and oxygen atoms in total. The second-order valence-electron chi connectivity index (χ2n) is 5.97. The number of benzene rings is 1. The molecular weight excluding hydrogens is 312 g/mol. The molecule has 2 amide bonds. The predicted octanol–water partition coefficient (Wildman–Crippen LogP) is 0.107. The topological polar surface area (TPSA) is 113 Å². The average molecular weight is 330 g/mol. The van der Waals surface area contributed by atoms with Crippen LogP contribution in [0.1, 0.15) is 30.6 Å². The molecule has 1 saturated heterocycles. The summed E-state index contributed by atoms with van der Waals surface area (Å²) >= 11 is 0. The first-order valence-electron chi connectivity index (χ1n) is 7.62. The maximum atomic E-state index is 12.4. The van der Waals surface area contributed by atoms with E-state index < -0.39 is 5.91 Å². The van der Waals surface area contributed by atoms with E-state index >= 15 is 0 Å². The molecule has 2 heterocycles. The van der Waals surface area contributed by atoms with E-state index in [0.717, 1.165) is 0 Å². The highest BCUT2D eigenvalue weighted by Gasteiger charge is 2.32. The molecule has 0 unspecified atom stereocenters. The Hall–Kier alpha value is -2.97. The molecule has 9 heteroatoms. The summed E-state index contributed by atoms with van der Waals surface area (Å²) in [5.41, 5.74) is 0.679. The van der Waals surface area contributed by atoms with E-state index in [4.69, 9.17) is 0 Å². The zero-order chi connectivity index (χ0) is 17.3. The van der Waals surface area contributed by atoms with Gasteiger partial charge in [-0.15, -0.1) is 5.10 Å². The summed E-state index contributed by atoms with van der Waals surface area (Å²) in [5, 5.41) is 23.7. The largest absolute Gasteiger partial charge is 0.507 e. The van der Waals surface area contributed by atoms with Crippen molar-refractivity contribution in [1.29, 1.82) is 0 Å². The number of tetrazole rings is 1. The van der Waals surface area contributed by atoms with E-state index in [1.54, 1.807) is 11.0 Å². The maximum absolute atomic E-state index is 12.4. The van der Waals surface area contributed by atoms with Crippen LogP contribution in [0.25, 0.3) is 5.69 Å². The number of aromatic nitrogens is 4. The molecule has 0 saturated carbocycles. The number of phenolic OH excluding ortho intramolecular Hbond substituents is 1. The summed E-state index contributed by atoms with van der Waals surface area (Å²) in [7, 11) is 0. The normalized spacial score (nSPS) is 17.5. The van der Waals surface area contributed by atoms with Crippen LogP contribution in [-0.4, -0.2) is 60.7 Å².